The van der Waals surface area contributed by atoms with E-state index < -0.39 is 6.04 Å². The molecule has 1 N–H and O–H groups in total. The van der Waals surface area contributed by atoms with Crippen molar-refractivity contribution in [2.75, 3.05) is 19.6 Å². The summed E-state index contributed by atoms with van der Waals surface area (Å²) in [6, 6.07) is 8.32. The molecule has 2 atom stereocenters. The number of carbonyl (C=O) groups excluding carboxylic acids is 2. The van der Waals surface area contributed by atoms with E-state index in [2.05, 4.69) is 24.2 Å². The van der Waals surface area contributed by atoms with Crippen molar-refractivity contribution < 1.29 is 9.59 Å². The molecule has 152 valence electrons. The van der Waals surface area contributed by atoms with Crippen LogP contribution in [0.3, 0.4) is 0 Å². The van der Waals surface area contributed by atoms with E-state index in [1.807, 2.05) is 4.90 Å². The SMILES string of the molecule is C#C[C@H]1CC[C@@H](C#N)N1C(=O)CNC1(C)CCN(C(=O)c2ccc(Cl)cc2)CC1. The van der Waals surface area contributed by atoms with Crippen LogP contribution in [-0.4, -0.2) is 58.9 Å². The van der Waals surface area contributed by atoms with Gasteiger partial charge >= 0.3 is 0 Å². The quantitative estimate of drug-likeness (QED) is 0.770. The fourth-order valence-corrected chi connectivity index (χ4v) is 4.11. The summed E-state index contributed by atoms with van der Waals surface area (Å²) < 4.78 is 0. The number of rotatable bonds is 4. The highest BCUT2D eigenvalue weighted by Gasteiger charge is 2.37. The molecule has 0 radical (unpaired) electrons. The van der Waals surface area contributed by atoms with Crippen molar-refractivity contribution in [3.63, 3.8) is 0 Å². The predicted molar refractivity (Wildman–Crippen MR) is 111 cm³/mol. The zero-order valence-corrected chi connectivity index (χ0v) is 17.3. The van der Waals surface area contributed by atoms with Gasteiger partial charge in [-0.2, -0.15) is 5.26 Å². The first-order chi connectivity index (χ1) is 13.9. The second kappa shape index (κ2) is 8.86. The fraction of sp³-hybridized carbons (Fsp3) is 0.500. The molecular weight excluding hydrogens is 388 g/mol. The highest BCUT2D eigenvalue weighted by Crippen LogP contribution is 2.25. The number of hydrogen-bond acceptors (Lipinski definition) is 4. The molecule has 2 aliphatic rings. The second-order valence-corrected chi connectivity index (χ2v) is 8.36. The molecule has 0 aromatic heterocycles. The first-order valence-corrected chi connectivity index (χ1v) is 10.2. The molecule has 2 amide bonds. The first kappa shape index (κ1) is 21.2. The molecule has 6 nitrogen and oxygen atoms in total. The van der Waals surface area contributed by atoms with E-state index in [4.69, 9.17) is 18.0 Å². The molecule has 2 fully saturated rings. The van der Waals surface area contributed by atoms with Crippen LogP contribution >= 0.6 is 11.6 Å². The highest BCUT2D eigenvalue weighted by atomic mass is 35.5. The molecule has 2 heterocycles. The van der Waals surface area contributed by atoms with Crippen LogP contribution in [-0.2, 0) is 4.79 Å². The van der Waals surface area contributed by atoms with Crippen LogP contribution in [0.2, 0.25) is 5.02 Å². The summed E-state index contributed by atoms with van der Waals surface area (Å²) in [6.07, 6.45) is 8.28. The number of nitrogens with zero attached hydrogens (tertiary/aromatic N) is 3. The lowest BCUT2D eigenvalue weighted by atomic mass is 9.89. The molecule has 0 spiro atoms. The van der Waals surface area contributed by atoms with Crippen molar-refractivity contribution >= 4 is 23.4 Å². The van der Waals surface area contributed by atoms with E-state index in [1.54, 1.807) is 24.3 Å². The Bertz CT molecular complexity index is 825. The van der Waals surface area contributed by atoms with E-state index in [1.165, 1.54) is 4.90 Å². The van der Waals surface area contributed by atoms with Crippen LogP contribution in [0.25, 0.3) is 0 Å². The van der Waals surface area contributed by atoms with E-state index in [-0.39, 0.29) is 29.9 Å². The van der Waals surface area contributed by atoms with E-state index in [0.29, 0.717) is 36.5 Å². The lowest BCUT2D eigenvalue weighted by Gasteiger charge is -2.40. The van der Waals surface area contributed by atoms with Crippen molar-refractivity contribution in [3.8, 4) is 18.4 Å². The maximum atomic E-state index is 12.7. The minimum atomic E-state index is -0.447. The van der Waals surface area contributed by atoms with E-state index in [9.17, 15) is 14.9 Å². The van der Waals surface area contributed by atoms with Gasteiger partial charge in [0.15, 0.2) is 0 Å². The Hall–Kier alpha value is -2.54. The molecule has 2 saturated heterocycles. The van der Waals surface area contributed by atoms with Gasteiger partial charge in [-0.1, -0.05) is 17.5 Å². The van der Waals surface area contributed by atoms with Crippen molar-refractivity contribution in [2.45, 2.75) is 50.2 Å². The maximum absolute atomic E-state index is 12.7. The standard InChI is InChI=1S/C22H25ClN4O2/c1-3-18-8-9-19(14-24)27(18)20(28)15-25-22(2)10-12-26(13-11-22)21(29)16-4-6-17(23)7-5-16/h1,4-7,18-19,25H,8-13,15H2,2H3/t18-,19-/m0/s1. The second-order valence-electron chi connectivity index (χ2n) is 7.92. The summed E-state index contributed by atoms with van der Waals surface area (Å²) >= 11 is 5.89. The number of amides is 2. The molecular formula is C22H25ClN4O2. The van der Waals surface area contributed by atoms with Crippen LogP contribution in [0.15, 0.2) is 24.3 Å². The topological polar surface area (TPSA) is 76.4 Å². The number of carbonyl (C=O) groups is 2. The minimum absolute atomic E-state index is 0.00872. The van der Waals surface area contributed by atoms with Crippen molar-refractivity contribution in [3.05, 3.63) is 34.9 Å². The molecule has 1 aromatic rings. The summed E-state index contributed by atoms with van der Waals surface area (Å²) in [6.45, 7) is 3.42. The van der Waals surface area contributed by atoms with Gasteiger partial charge in [-0.25, -0.2) is 0 Å². The summed E-state index contributed by atoms with van der Waals surface area (Å²) in [5, 5.41) is 13.2. The number of nitriles is 1. The molecule has 0 saturated carbocycles. The Morgan fingerprint density at radius 2 is 1.86 bits per heavy atom. The van der Waals surface area contributed by atoms with Gasteiger partial charge in [0.2, 0.25) is 5.91 Å². The van der Waals surface area contributed by atoms with Crippen molar-refractivity contribution in [1.82, 2.24) is 15.1 Å². The molecule has 29 heavy (non-hydrogen) atoms. The van der Waals surface area contributed by atoms with Crippen molar-refractivity contribution in [2.24, 2.45) is 0 Å². The number of nitrogens with one attached hydrogen (secondary N) is 1. The Kier molecular flexibility index (Phi) is 6.47. The summed E-state index contributed by atoms with van der Waals surface area (Å²) in [5.74, 6) is 2.47. The number of hydrogen-bond donors (Lipinski definition) is 1. The molecule has 2 aliphatic heterocycles. The van der Waals surface area contributed by atoms with E-state index in [0.717, 1.165) is 12.8 Å². The van der Waals surface area contributed by atoms with Crippen LogP contribution in [0.4, 0.5) is 0 Å². The number of halogens is 1. The maximum Gasteiger partial charge on any atom is 0.253 e. The number of terminal acetylenes is 1. The summed E-state index contributed by atoms with van der Waals surface area (Å²) in [7, 11) is 0. The Balaban J connectivity index is 1.53. The zero-order valence-electron chi connectivity index (χ0n) is 16.5. The van der Waals surface area contributed by atoms with Gasteiger partial charge < -0.3 is 15.1 Å². The third-order valence-corrected chi connectivity index (χ3v) is 6.18. The minimum Gasteiger partial charge on any atom is -0.339 e. The average Bonchev–Trinajstić information content (AvgIpc) is 3.16. The Morgan fingerprint density at radius 3 is 2.45 bits per heavy atom. The predicted octanol–water partition coefficient (Wildman–Crippen LogP) is 2.44. The Labute approximate surface area is 176 Å². The van der Waals surface area contributed by atoms with E-state index >= 15 is 0 Å². The molecule has 0 bridgehead atoms. The van der Waals surface area contributed by atoms with Gasteiger partial charge in [-0.15, -0.1) is 6.42 Å². The van der Waals surface area contributed by atoms with Crippen LogP contribution in [0.1, 0.15) is 43.0 Å². The van der Waals surface area contributed by atoms with Crippen LogP contribution in [0.5, 0.6) is 0 Å². The van der Waals surface area contributed by atoms with Gasteiger partial charge in [0, 0.05) is 29.2 Å². The molecule has 0 unspecified atom stereocenters. The molecule has 1 aromatic carbocycles. The molecule has 3 rings (SSSR count). The highest BCUT2D eigenvalue weighted by molar-refractivity contribution is 6.30. The van der Waals surface area contributed by atoms with Gasteiger partial charge in [0.05, 0.1) is 18.7 Å². The average molecular weight is 413 g/mol. The zero-order chi connectivity index (χ0) is 21.0. The van der Waals surface area contributed by atoms with Gasteiger partial charge in [0.1, 0.15) is 6.04 Å². The normalized spacial score (nSPS) is 23.3. The van der Waals surface area contributed by atoms with Gasteiger partial charge in [0.25, 0.3) is 5.91 Å². The monoisotopic (exact) mass is 412 g/mol. The smallest absolute Gasteiger partial charge is 0.253 e. The lowest BCUT2D eigenvalue weighted by Crippen LogP contribution is -2.55. The van der Waals surface area contributed by atoms with Crippen LogP contribution in [0, 0.1) is 23.7 Å². The summed E-state index contributed by atoms with van der Waals surface area (Å²) in [4.78, 5) is 28.7. The Morgan fingerprint density at radius 1 is 1.24 bits per heavy atom. The van der Waals surface area contributed by atoms with Crippen molar-refractivity contribution in [1.29, 1.82) is 5.26 Å². The fourth-order valence-electron chi connectivity index (χ4n) is 3.98. The third-order valence-electron chi connectivity index (χ3n) is 5.93. The lowest BCUT2D eigenvalue weighted by molar-refractivity contribution is -0.131. The number of piperidine rings is 1. The molecule has 0 aliphatic carbocycles. The van der Waals surface area contributed by atoms with Crippen LogP contribution < -0.4 is 5.32 Å². The number of benzene rings is 1. The number of likely N-dealkylation sites (tertiary alicyclic amines) is 2. The first-order valence-electron chi connectivity index (χ1n) is 9.84. The third kappa shape index (κ3) is 4.72. The largest absolute Gasteiger partial charge is 0.339 e. The summed E-state index contributed by atoms with van der Waals surface area (Å²) in [5.41, 5.74) is 0.373. The van der Waals surface area contributed by atoms with Gasteiger partial charge in [-0.05, 0) is 56.9 Å². The van der Waals surface area contributed by atoms with Gasteiger partial charge in [-0.3, -0.25) is 9.59 Å². The molecule has 7 heteroatoms.